The summed E-state index contributed by atoms with van der Waals surface area (Å²) in [5.41, 5.74) is 1.93. The van der Waals surface area contributed by atoms with Gasteiger partial charge in [-0.05, 0) is 24.0 Å². The van der Waals surface area contributed by atoms with Gasteiger partial charge in [-0.15, -0.1) is 0 Å². The summed E-state index contributed by atoms with van der Waals surface area (Å²) >= 11 is 0. The second kappa shape index (κ2) is 7.27. The molecule has 0 amide bonds. The smallest absolute Gasteiger partial charge is 0.307 e. The molecular weight excluding hydrogens is 266 g/mol. The molecule has 0 bridgehead atoms. The summed E-state index contributed by atoms with van der Waals surface area (Å²) in [6.07, 6.45) is 3.06. The van der Waals surface area contributed by atoms with Crippen LogP contribution in [-0.2, 0) is 22.5 Å². The molecule has 0 spiro atoms. The van der Waals surface area contributed by atoms with Gasteiger partial charge in [-0.3, -0.25) is 4.79 Å². The van der Waals surface area contributed by atoms with Crippen LogP contribution in [0.25, 0.3) is 10.9 Å². The number of hydrogen-bond donors (Lipinski definition) is 1. The summed E-state index contributed by atoms with van der Waals surface area (Å²) in [5, 5.41) is 10.0. The number of carboxylic acid groups (broad SMARTS) is 1. The number of benzene rings is 1. The van der Waals surface area contributed by atoms with Gasteiger partial charge in [0.25, 0.3) is 0 Å². The molecule has 0 aliphatic heterocycles. The molecule has 4 nitrogen and oxygen atoms in total. The Labute approximate surface area is 125 Å². The van der Waals surface area contributed by atoms with Crippen molar-refractivity contribution in [2.75, 3.05) is 13.2 Å². The van der Waals surface area contributed by atoms with Crippen molar-refractivity contribution >= 4 is 16.9 Å². The minimum atomic E-state index is -0.800. The molecule has 0 unspecified atom stereocenters. The van der Waals surface area contributed by atoms with E-state index >= 15 is 0 Å². The Kier molecular flexibility index (Phi) is 5.39. The van der Waals surface area contributed by atoms with E-state index in [-0.39, 0.29) is 6.42 Å². The summed E-state index contributed by atoms with van der Waals surface area (Å²) in [7, 11) is 0. The number of carbonyl (C=O) groups is 1. The first-order chi connectivity index (χ1) is 10.1. The maximum Gasteiger partial charge on any atom is 0.307 e. The van der Waals surface area contributed by atoms with Crippen LogP contribution >= 0.6 is 0 Å². The zero-order valence-electron chi connectivity index (χ0n) is 12.7. The first-order valence-electron chi connectivity index (χ1n) is 7.44. The molecule has 114 valence electrons. The zero-order valence-corrected chi connectivity index (χ0v) is 12.7. The van der Waals surface area contributed by atoms with Crippen molar-refractivity contribution in [2.45, 2.75) is 33.2 Å². The molecule has 0 fully saturated rings. The zero-order chi connectivity index (χ0) is 15.2. The number of hydrogen-bond acceptors (Lipinski definition) is 2. The SMILES string of the molecule is CC(C)CCOCCn1cc(CC(=O)O)c2ccccc21. The van der Waals surface area contributed by atoms with Crippen LogP contribution in [0.3, 0.4) is 0 Å². The van der Waals surface area contributed by atoms with Crippen molar-refractivity contribution in [3.05, 3.63) is 36.0 Å². The normalized spacial score (nSPS) is 11.4. The number of fused-ring (bicyclic) bond motifs is 1. The summed E-state index contributed by atoms with van der Waals surface area (Å²) in [6.45, 7) is 6.54. The van der Waals surface area contributed by atoms with Gasteiger partial charge in [-0.1, -0.05) is 32.0 Å². The van der Waals surface area contributed by atoms with Gasteiger partial charge in [0.1, 0.15) is 0 Å². The average molecular weight is 289 g/mol. The average Bonchev–Trinajstić information content (AvgIpc) is 2.76. The van der Waals surface area contributed by atoms with Crippen molar-refractivity contribution in [3.63, 3.8) is 0 Å². The minimum absolute atomic E-state index is 0.0573. The molecule has 1 aromatic carbocycles. The fourth-order valence-electron chi connectivity index (χ4n) is 2.40. The third-order valence-electron chi connectivity index (χ3n) is 3.53. The van der Waals surface area contributed by atoms with E-state index in [0.717, 1.165) is 36.0 Å². The lowest BCUT2D eigenvalue weighted by Crippen LogP contribution is -2.07. The lowest BCUT2D eigenvalue weighted by molar-refractivity contribution is -0.136. The topological polar surface area (TPSA) is 51.5 Å². The van der Waals surface area contributed by atoms with Gasteiger partial charge >= 0.3 is 5.97 Å². The molecule has 1 aromatic heterocycles. The Hall–Kier alpha value is -1.81. The van der Waals surface area contributed by atoms with Crippen LogP contribution in [0.15, 0.2) is 30.5 Å². The Morgan fingerprint density at radius 3 is 2.76 bits per heavy atom. The van der Waals surface area contributed by atoms with Crippen LogP contribution in [0.1, 0.15) is 25.8 Å². The van der Waals surface area contributed by atoms with Crippen molar-refractivity contribution < 1.29 is 14.6 Å². The number of ether oxygens (including phenoxy) is 1. The number of carboxylic acids is 1. The Balaban J connectivity index is 2.04. The highest BCUT2D eigenvalue weighted by Crippen LogP contribution is 2.21. The predicted octanol–water partition coefficient (Wildman–Crippen LogP) is 3.33. The molecule has 1 heterocycles. The van der Waals surface area contributed by atoms with E-state index in [0.29, 0.717) is 12.5 Å². The van der Waals surface area contributed by atoms with E-state index in [4.69, 9.17) is 9.84 Å². The fraction of sp³-hybridized carbons (Fsp3) is 0.471. The third kappa shape index (κ3) is 4.33. The van der Waals surface area contributed by atoms with Crippen LogP contribution < -0.4 is 0 Å². The van der Waals surface area contributed by atoms with Crippen LogP contribution in [-0.4, -0.2) is 28.9 Å². The molecule has 21 heavy (non-hydrogen) atoms. The first-order valence-corrected chi connectivity index (χ1v) is 7.44. The Morgan fingerprint density at radius 1 is 1.29 bits per heavy atom. The van der Waals surface area contributed by atoms with Gasteiger partial charge in [0.05, 0.1) is 13.0 Å². The molecule has 0 aliphatic carbocycles. The van der Waals surface area contributed by atoms with Crippen LogP contribution in [0.2, 0.25) is 0 Å². The summed E-state index contributed by atoms with van der Waals surface area (Å²) < 4.78 is 7.74. The van der Waals surface area contributed by atoms with Gasteiger partial charge in [0.15, 0.2) is 0 Å². The van der Waals surface area contributed by atoms with Crippen LogP contribution in [0, 0.1) is 5.92 Å². The van der Waals surface area contributed by atoms with E-state index in [2.05, 4.69) is 18.4 Å². The maximum absolute atomic E-state index is 11.0. The molecule has 2 rings (SSSR count). The summed E-state index contributed by atoms with van der Waals surface area (Å²) in [4.78, 5) is 11.0. The van der Waals surface area contributed by atoms with E-state index < -0.39 is 5.97 Å². The highest BCUT2D eigenvalue weighted by molar-refractivity contribution is 5.87. The van der Waals surface area contributed by atoms with Crippen LogP contribution in [0.4, 0.5) is 0 Å². The number of para-hydroxylation sites is 1. The van der Waals surface area contributed by atoms with Crippen molar-refractivity contribution in [3.8, 4) is 0 Å². The highest BCUT2D eigenvalue weighted by Gasteiger charge is 2.10. The van der Waals surface area contributed by atoms with Gasteiger partial charge in [-0.25, -0.2) is 0 Å². The van der Waals surface area contributed by atoms with Gasteiger partial charge in [-0.2, -0.15) is 0 Å². The minimum Gasteiger partial charge on any atom is -0.481 e. The number of nitrogens with zero attached hydrogens (tertiary/aromatic N) is 1. The summed E-state index contributed by atoms with van der Waals surface area (Å²) in [5.74, 6) is -0.148. The van der Waals surface area contributed by atoms with Gasteiger partial charge in [0.2, 0.25) is 0 Å². The first kappa shape index (κ1) is 15.6. The van der Waals surface area contributed by atoms with Gasteiger partial charge < -0.3 is 14.4 Å². The van der Waals surface area contributed by atoms with E-state index in [1.807, 2.05) is 30.5 Å². The van der Waals surface area contributed by atoms with Crippen molar-refractivity contribution in [1.82, 2.24) is 4.57 Å². The Morgan fingerprint density at radius 2 is 2.05 bits per heavy atom. The molecule has 0 saturated heterocycles. The molecule has 1 N–H and O–H groups in total. The number of rotatable bonds is 8. The molecule has 0 radical (unpaired) electrons. The van der Waals surface area contributed by atoms with Crippen LogP contribution in [0.5, 0.6) is 0 Å². The van der Waals surface area contributed by atoms with Crippen molar-refractivity contribution in [2.24, 2.45) is 5.92 Å². The summed E-state index contributed by atoms with van der Waals surface area (Å²) in [6, 6.07) is 7.92. The lowest BCUT2D eigenvalue weighted by atomic mass is 10.1. The van der Waals surface area contributed by atoms with E-state index in [1.165, 1.54) is 0 Å². The molecule has 0 aliphatic rings. The maximum atomic E-state index is 11.0. The lowest BCUT2D eigenvalue weighted by Gasteiger charge is -2.08. The van der Waals surface area contributed by atoms with E-state index in [9.17, 15) is 4.79 Å². The standard InChI is InChI=1S/C17H23NO3/c1-13(2)7-9-21-10-8-18-12-14(11-17(19)20)15-5-3-4-6-16(15)18/h3-6,12-13H,7-11H2,1-2H3,(H,19,20). The highest BCUT2D eigenvalue weighted by atomic mass is 16.5. The quantitative estimate of drug-likeness (QED) is 0.758. The molecule has 4 heteroatoms. The molecule has 0 saturated carbocycles. The number of aliphatic carboxylic acids is 1. The largest absolute Gasteiger partial charge is 0.481 e. The Bertz CT molecular complexity index is 601. The van der Waals surface area contributed by atoms with Crippen molar-refractivity contribution in [1.29, 1.82) is 0 Å². The third-order valence-corrected chi connectivity index (χ3v) is 3.53. The second-order valence-electron chi connectivity index (χ2n) is 5.73. The van der Waals surface area contributed by atoms with E-state index in [1.54, 1.807) is 0 Å². The molecular formula is C17H23NO3. The number of aromatic nitrogens is 1. The fourth-order valence-corrected chi connectivity index (χ4v) is 2.40. The van der Waals surface area contributed by atoms with Gasteiger partial charge in [0, 0.05) is 30.3 Å². The monoisotopic (exact) mass is 289 g/mol. The molecule has 0 atom stereocenters. The molecule has 2 aromatic rings. The predicted molar refractivity (Wildman–Crippen MR) is 83.6 cm³/mol. The second-order valence-corrected chi connectivity index (χ2v) is 5.73.